The summed E-state index contributed by atoms with van der Waals surface area (Å²) in [5, 5.41) is 0. The summed E-state index contributed by atoms with van der Waals surface area (Å²) in [7, 11) is 0. The van der Waals surface area contributed by atoms with Gasteiger partial charge in [-0.05, 0) is 38.5 Å². The van der Waals surface area contributed by atoms with Crippen LogP contribution >= 0.6 is 24.0 Å². The lowest BCUT2D eigenvalue weighted by atomic mass is 10.2. The molecule has 0 unspecified atom stereocenters. The maximum Gasteiger partial charge on any atom is 0.191 e. The van der Waals surface area contributed by atoms with Gasteiger partial charge >= 0.3 is 0 Å². The molecule has 108 valence electrons. The molecule has 0 spiro atoms. The van der Waals surface area contributed by atoms with Crippen molar-refractivity contribution >= 4 is 29.9 Å². The zero-order chi connectivity index (χ0) is 13.4. The molecule has 0 aliphatic rings. The molecule has 0 amide bonds. The van der Waals surface area contributed by atoms with Gasteiger partial charge < -0.3 is 15.4 Å². The van der Waals surface area contributed by atoms with E-state index in [2.05, 4.69) is 18.8 Å². The lowest BCUT2D eigenvalue weighted by Gasteiger charge is -2.19. The van der Waals surface area contributed by atoms with Crippen molar-refractivity contribution in [3.05, 3.63) is 29.8 Å². The normalized spacial score (nSPS) is 10.8. The van der Waals surface area contributed by atoms with E-state index in [0.717, 1.165) is 24.4 Å². The molecule has 0 saturated heterocycles. The van der Waals surface area contributed by atoms with Crippen molar-refractivity contribution in [3.8, 4) is 5.75 Å². The number of aliphatic imine (C=N–C) groups is 1. The van der Waals surface area contributed by atoms with Crippen molar-refractivity contribution in [2.75, 3.05) is 19.7 Å². The lowest BCUT2D eigenvalue weighted by molar-refractivity contribution is 0.340. The van der Waals surface area contributed by atoms with E-state index in [9.17, 15) is 0 Å². The molecule has 2 N–H and O–H groups in total. The molecule has 5 heteroatoms. The number of benzene rings is 1. The summed E-state index contributed by atoms with van der Waals surface area (Å²) in [5.74, 6) is 1.48. The number of guanidine groups is 1. The first-order valence-electron chi connectivity index (χ1n) is 6.47. The highest BCUT2D eigenvalue weighted by molar-refractivity contribution is 14.0. The Morgan fingerprint density at radius 1 is 1.26 bits per heavy atom. The van der Waals surface area contributed by atoms with Gasteiger partial charge in [0, 0.05) is 13.1 Å². The van der Waals surface area contributed by atoms with Gasteiger partial charge in [0.25, 0.3) is 0 Å². The average Bonchev–Trinajstić information content (AvgIpc) is 2.39. The van der Waals surface area contributed by atoms with Crippen LogP contribution < -0.4 is 10.5 Å². The van der Waals surface area contributed by atoms with Gasteiger partial charge in [-0.25, -0.2) is 4.99 Å². The zero-order valence-corrected chi connectivity index (χ0v) is 14.3. The molecule has 0 aliphatic heterocycles. The van der Waals surface area contributed by atoms with Gasteiger partial charge in [0.1, 0.15) is 5.75 Å². The van der Waals surface area contributed by atoms with E-state index >= 15 is 0 Å². The Kier molecular flexibility index (Phi) is 9.38. The van der Waals surface area contributed by atoms with E-state index in [-0.39, 0.29) is 24.0 Å². The summed E-state index contributed by atoms with van der Waals surface area (Å²) in [6.45, 7) is 9.14. The van der Waals surface area contributed by atoms with E-state index in [1.165, 1.54) is 0 Å². The second-order valence-corrected chi connectivity index (χ2v) is 3.93. The third-order valence-corrected chi connectivity index (χ3v) is 2.72. The van der Waals surface area contributed by atoms with Crippen LogP contribution in [0.4, 0.5) is 0 Å². The number of hydrogen-bond donors (Lipinski definition) is 1. The maximum atomic E-state index is 5.93. The van der Waals surface area contributed by atoms with Gasteiger partial charge in [0.2, 0.25) is 0 Å². The maximum absolute atomic E-state index is 5.93. The fourth-order valence-corrected chi connectivity index (χ4v) is 1.72. The smallest absolute Gasteiger partial charge is 0.191 e. The number of ether oxygens (including phenoxy) is 1. The highest BCUT2D eigenvalue weighted by Gasteiger charge is 2.02. The molecule has 19 heavy (non-hydrogen) atoms. The topological polar surface area (TPSA) is 50.9 Å². The van der Waals surface area contributed by atoms with Crippen molar-refractivity contribution in [1.29, 1.82) is 0 Å². The van der Waals surface area contributed by atoms with Crippen LogP contribution in [0, 0.1) is 0 Å². The molecule has 4 nitrogen and oxygen atoms in total. The number of hydrogen-bond acceptors (Lipinski definition) is 2. The Labute approximate surface area is 133 Å². The quantitative estimate of drug-likeness (QED) is 0.471. The lowest BCUT2D eigenvalue weighted by Crippen LogP contribution is -2.37. The summed E-state index contributed by atoms with van der Waals surface area (Å²) >= 11 is 0. The average molecular weight is 377 g/mol. The third-order valence-electron chi connectivity index (χ3n) is 2.72. The van der Waals surface area contributed by atoms with Crippen molar-refractivity contribution in [1.82, 2.24) is 4.90 Å². The van der Waals surface area contributed by atoms with E-state index in [1.54, 1.807) is 0 Å². The molecule has 0 atom stereocenters. The van der Waals surface area contributed by atoms with E-state index < -0.39 is 0 Å². The number of nitrogens with zero attached hydrogens (tertiary/aromatic N) is 2. The van der Waals surface area contributed by atoms with Gasteiger partial charge in [-0.3, -0.25) is 0 Å². The zero-order valence-electron chi connectivity index (χ0n) is 11.9. The first-order chi connectivity index (χ1) is 8.71. The minimum atomic E-state index is 0. The Balaban J connectivity index is 0.00000324. The first-order valence-corrected chi connectivity index (χ1v) is 6.47. The van der Waals surface area contributed by atoms with Crippen LogP contribution in [0.25, 0.3) is 0 Å². The molecule has 0 aliphatic carbocycles. The summed E-state index contributed by atoms with van der Waals surface area (Å²) < 4.78 is 5.45. The third kappa shape index (κ3) is 6.13. The van der Waals surface area contributed by atoms with Gasteiger partial charge in [-0.1, -0.05) is 12.1 Å². The van der Waals surface area contributed by atoms with E-state index in [1.807, 2.05) is 36.1 Å². The fourth-order valence-electron chi connectivity index (χ4n) is 1.72. The fraction of sp³-hybridized carbons (Fsp3) is 0.500. The monoisotopic (exact) mass is 377 g/mol. The van der Waals surface area contributed by atoms with Crippen LogP contribution in [0.15, 0.2) is 29.3 Å². The Morgan fingerprint density at radius 2 is 1.95 bits per heavy atom. The summed E-state index contributed by atoms with van der Waals surface area (Å²) in [4.78, 5) is 6.44. The predicted molar refractivity (Wildman–Crippen MR) is 91.3 cm³/mol. The highest BCUT2D eigenvalue weighted by Crippen LogP contribution is 2.13. The summed E-state index contributed by atoms with van der Waals surface area (Å²) in [6, 6.07) is 7.96. The number of halogens is 1. The highest BCUT2D eigenvalue weighted by atomic mass is 127. The molecule has 0 aromatic heterocycles. The van der Waals surface area contributed by atoms with Gasteiger partial charge in [0.15, 0.2) is 5.96 Å². The van der Waals surface area contributed by atoms with Gasteiger partial charge in [-0.2, -0.15) is 0 Å². The van der Waals surface area contributed by atoms with Crippen LogP contribution in [0.3, 0.4) is 0 Å². The van der Waals surface area contributed by atoms with Crippen molar-refractivity contribution in [2.24, 2.45) is 10.7 Å². The predicted octanol–water partition coefficient (Wildman–Crippen LogP) is 2.86. The molecule has 0 fully saturated rings. The molecule has 0 bridgehead atoms. The van der Waals surface area contributed by atoms with Crippen LogP contribution in [-0.2, 0) is 6.54 Å². The van der Waals surface area contributed by atoms with Crippen molar-refractivity contribution < 1.29 is 4.74 Å². The van der Waals surface area contributed by atoms with E-state index in [0.29, 0.717) is 19.1 Å². The van der Waals surface area contributed by atoms with E-state index in [4.69, 9.17) is 10.5 Å². The standard InChI is InChI=1S/C14H23N3O.HI/c1-4-17(5-2)14(15)16-11-12-8-7-9-13(10-12)18-6-3;/h7-10H,4-6,11H2,1-3H3,(H2,15,16);1H. The Hall–Kier alpha value is -0.980. The van der Waals surface area contributed by atoms with Crippen molar-refractivity contribution in [2.45, 2.75) is 27.3 Å². The molecular formula is C14H24IN3O. The SMILES string of the molecule is CCOc1cccc(CN=C(N)N(CC)CC)c1.I. The second kappa shape index (κ2) is 9.89. The minimum absolute atomic E-state index is 0. The van der Waals surface area contributed by atoms with Crippen molar-refractivity contribution in [3.63, 3.8) is 0 Å². The van der Waals surface area contributed by atoms with Gasteiger partial charge in [-0.15, -0.1) is 24.0 Å². The molecular weight excluding hydrogens is 353 g/mol. The molecule has 1 aromatic rings. The summed E-state index contributed by atoms with van der Waals surface area (Å²) in [6.07, 6.45) is 0. The Morgan fingerprint density at radius 3 is 2.53 bits per heavy atom. The first kappa shape index (κ1) is 18.0. The largest absolute Gasteiger partial charge is 0.494 e. The summed E-state index contributed by atoms with van der Waals surface area (Å²) in [5.41, 5.74) is 7.04. The number of nitrogens with two attached hydrogens (primary N) is 1. The van der Waals surface area contributed by atoms with Crippen LogP contribution in [0.1, 0.15) is 26.3 Å². The molecule has 0 saturated carbocycles. The van der Waals surface area contributed by atoms with Crippen LogP contribution in [0.5, 0.6) is 5.75 Å². The molecule has 1 aromatic carbocycles. The minimum Gasteiger partial charge on any atom is -0.494 e. The van der Waals surface area contributed by atoms with Crippen LogP contribution in [-0.4, -0.2) is 30.6 Å². The molecule has 0 heterocycles. The molecule has 1 rings (SSSR count). The van der Waals surface area contributed by atoms with Crippen LogP contribution in [0.2, 0.25) is 0 Å². The van der Waals surface area contributed by atoms with Gasteiger partial charge in [0.05, 0.1) is 13.2 Å². The second-order valence-electron chi connectivity index (χ2n) is 3.93. The Bertz CT molecular complexity index is 392. The molecule has 0 radical (unpaired) electrons. The number of rotatable bonds is 6.